The second kappa shape index (κ2) is 7.27. The van der Waals surface area contributed by atoms with E-state index in [1.165, 1.54) is 0 Å². The summed E-state index contributed by atoms with van der Waals surface area (Å²) in [6.07, 6.45) is 10.9. The van der Waals surface area contributed by atoms with Crippen LogP contribution in [0.5, 0.6) is 5.88 Å². The van der Waals surface area contributed by atoms with Gasteiger partial charge in [0.2, 0.25) is 11.8 Å². The van der Waals surface area contributed by atoms with Crippen molar-refractivity contribution in [2.75, 3.05) is 13.1 Å². The Kier molecular flexibility index (Phi) is 5.13. The van der Waals surface area contributed by atoms with Gasteiger partial charge in [-0.25, -0.2) is 4.98 Å². The molecule has 2 aliphatic rings. The number of carbonyl (C=O) groups is 1. The smallest absolute Gasteiger partial charge is 0.228 e. The Morgan fingerprint density at radius 1 is 1.27 bits per heavy atom. The highest BCUT2D eigenvalue weighted by Gasteiger charge is 2.29. The molecule has 3 rings (SSSR count). The second-order valence-electron chi connectivity index (χ2n) is 5.91. The molecule has 1 aliphatic carbocycles. The monoisotopic (exact) mass is 364 g/mol. The maximum atomic E-state index is 12.5. The molecule has 4 nitrogen and oxygen atoms in total. The van der Waals surface area contributed by atoms with E-state index in [0.717, 1.165) is 49.7 Å². The van der Waals surface area contributed by atoms with Gasteiger partial charge in [-0.1, -0.05) is 12.2 Å². The van der Waals surface area contributed by atoms with Crippen LogP contribution in [0.2, 0.25) is 0 Å². The van der Waals surface area contributed by atoms with Gasteiger partial charge in [0.1, 0.15) is 6.10 Å². The van der Waals surface area contributed by atoms with Crippen molar-refractivity contribution in [3.8, 4) is 5.88 Å². The molecule has 0 unspecified atom stereocenters. The van der Waals surface area contributed by atoms with E-state index in [9.17, 15) is 4.79 Å². The lowest BCUT2D eigenvalue weighted by Crippen LogP contribution is -2.44. The maximum Gasteiger partial charge on any atom is 0.228 e. The van der Waals surface area contributed by atoms with Gasteiger partial charge in [-0.05, 0) is 47.3 Å². The van der Waals surface area contributed by atoms with Crippen LogP contribution in [0.25, 0.3) is 0 Å². The van der Waals surface area contributed by atoms with Crippen LogP contribution in [0.15, 0.2) is 35.0 Å². The van der Waals surface area contributed by atoms with Gasteiger partial charge in [-0.3, -0.25) is 4.79 Å². The minimum atomic E-state index is 0.140. The molecule has 1 fully saturated rings. The molecule has 22 heavy (non-hydrogen) atoms. The number of allylic oxidation sites excluding steroid dienone is 2. The zero-order valence-corrected chi connectivity index (χ0v) is 14.2. The predicted molar refractivity (Wildman–Crippen MR) is 88.6 cm³/mol. The summed E-state index contributed by atoms with van der Waals surface area (Å²) in [6.45, 7) is 1.57. The third-order valence-corrected chi connectivity index (χ3v) is 4.98. The number of hydrogen-bond acceptors (Lipinski definition) is 3. The summed E-state index contributed by atoms with van der Waals surface area (Å²) in [5.41, 5.74) is 0. The number of nitrogens with zero attached hydrogens (tertiary/aromatic N) is 2. The number of halogens is 1. The topological polar surface area (TPSA) is 42.4 Å². The van der Waals surface area contributed by atoms with Gasteiger partial charge in [0, 0.05) is 38.0 Å². The number of rotatable bonds is 3. The Bertz CT molecular complexity index is 553. The largest absolute Gasteiger partial charge is 0.473 e. The summed E-state index contributed by atoms with van der Waals surface area (Å²) in [6, 6.07) is 3.80. The fourth-order valence-electron chi connectivity index (χ4n) is 3.09. The van der Waals surface area contributed by atoms with Crippen LogP contribution >= 0.6 is 15.9 Å². The number of ether oxygens (including phenoxy) is 1. The van der Waals surface area contributed by atoms with Crippen LogP contribution in [0, 0.1) is 5.92 Å². The molecule has 1 amide bonds. The van der Waals surface area contributed by atoms with Crippen LogP contribution in [-0.4, -0.2) is 35.0 Å². The van der Waals surface area contributed by atoms with Gasteiger partial charge in [0.05, 0.1) is 4.47 Å². The third-order valence-electron chi connectivity index (χ3n) is 4.37. The predicted octanol–water partition coefficient (Wildman–Crippen LogP) is 3.57. The zero-order valence-electron chi connectivity index (χ0n) is 12.6. The lowest BCUT2D eigenvalue weighted by molar-refractivity contribution is -0.137. The molecule has 1 aliphatic heterocycles. The van der Waals surface area contributed by atoms with Crippen molar-refractivity contribution in [2.24, 2.45) is 5.92 Å². The second-order valence-corrected chi connectivity index (χ2v) is 6.77. The van der Waals surface area contributed by atoms with E-state index in [-0.39, 0.29) is 12.0 Å². The number of piperidine rings is 1. The Labute approximate surface area is 139 Å². The number of carbonyl (C=O) groups excluding carboxylic acids is 1. The molecule has 2 heterocycles. The normalized spacial score (nSPS) is 22.6. The summed E-state index contributed by atoms with van der Waals surface area (Å²) >= 11 is 3.45. The summed E-state index contributed by atoms with van der Waals surface area (Å²) < 4.78 is 6.83. The Hall–Kier alpha value is -1.36. The minimum Gasteiger partial charge on any atom is -0.473 e. The zero-order chi connectivity index (χ0) is 15.4. The molecule has 1 saturated heterocycles. The summed E-state index contributed by atoms with van der Waals surface area (Å²) in [5.74, 6) is 1.15. The van der Waals surface area contributed by atoms with Crippen molar-refractivity contribution >= 4 is 21.8 Å². The molecule has 0 saturated carbocycles. The average molecular weight is 365 g/mol. The summed E-state index contributed by atoms with van der Waals surface area (Å²) in [7, 11) is 0. The van der Waals surface area contributed by atoms with Crippen LogP contribution in [0.3, 0.4) is 0 Å². The van der Waals surface area contributed by atoms with Gasteiger partial charge >= 0.3 is 0 Å². The molecule has 0 radical (unpaired) electrons. The van der Waals surface area contributed by atoms with Gasteiger partial charge < -0.3 is 9.64 Å². The number of likely N-dealkylation sites (tertiary alicyclic amines) is 1. The fourth-order valence-corrected chi connectivity index (χ4v) is 3.43. The Morgan fingerprint density at radius 2 is 2.09 bits per heavy atom. The van der Waals surface area contributed by atoms with Gasteiger partial charge in [0.25, 0.3) is 0 Å². The molecule has 1 atom stereocenters. The van der Waals surface area contributed by atoms with E-state index in [1.54, 1.807) is 6.20 Å². The van der Waals surface area contributed by atoms with E-state index in [0.29, 0.717) is 11.8 Å². The van der Waals surface area contributed by atoms with Crippen molar-refractivity contribution in [1.29, 1.82) is 0 Å². The molecule has 1 aromatic rings. The molecule has 0 aromatic carbocycles. The van der Waals surface area contributed by atoms with Gasteiger partial charge in [-0.2, -0.15) is 0 Å². The van der Waals surface area contributed by atoms with Crippen molar-refractivity contribution in [3.63, 3.8) is 0 Å². The molecule has 1 aromatic heterocycles. The van der Waals surface area contributed by atoms with Gasteiger partial charge in [0.15, 0.2) is 0 Å². The van der Waals surface area contributed by atoms with Gasteiger partial charge in [-0.15, -0.1) is 0 Å². The molecule has 118 valence electrons. The van der Waals surface area contributed by atoms with Crippen molar-refractivity contribution < 1.29 is 9.53 Å². The molecule has 5 heteroatoms. The standard InChI is InChI=1S/C17H21BrN2O2/c18-15-7-4-10-19-16(15)22-14-8-11-20(12-9-14)17(21)13-5-2-1-3-6-13/h1-2,4,7,10,13-14H,3,5-6,8-9,11-12H2/t13-/m0/s1. The highest BCUT2D eigenvalue weighted by molar-refractivity contribution is 9.10. The molecule has 0 bridgehead atoms. The van der Waals surface area contributed by atoms with Crippen LogP contribution in [0.1, 0.15) is 32.1 Å². The summed E-state index contributed by atoms with van der Waals surface area (Å²) in [4.78, 5) is 18.8. The van der Waals surface area contributed by atoms with E-state index in [1.807, 2.05) is 17.0 Å². The van der Waals surface area contributed by atoms with Crippen molar-refractivity contribution in [2.45, 2.75) is 38.2 Å². The lowest BCUT2D eigenvalue weighted by Gasteiger charge is -2.34. The molecule has 0 N–H and O–H groups in total. The first-order valence-electron chi connectivity index (χ1n) is 7.95. The highest BCUT2D eigenvalue weighted by atomic mass is 79.9. The molecule has 0 spiro atoms. The summed E-state index contributed by atoms with van der Waals surface area (Å²) in [5, 5.41) is 0. The number of amides is 1. The Balaban J connectivity index is 1.51. The number of aromatic nitrogens is 1. The number of hydrogen-bond donors (Lipinski definition) is 0. The van der Waals surface area contributed by atoms with Crippen LogP contribution in [-0.2, 0) is 4.79 Å². The third kappa shape index (κ3) is 3.69. The van der Waals surface area contributed by atoms with E-state index >= 15 is 0 Å². The molecular weight excluding hydrogens is 344 g/mol. The van der Waals surface area contributed by atoms with Crippen LogP contribution in [0.4, 0.5) is 0 Å². The van der Waals surface area contributed by atoms with Crippen molar-refractivity contribution in [1.82, 2.24) is 9.88 Å². The molecular formula is C17H21BrN2O2. The van der Waals surface area contributed by atoms with Crippen LogP contribution < -0.4 is 4.74 Å². The van der Waals surface area contributed by atoms with E-state index in [4.69, 9.17) is 4.74 Å². The fraction of sp³-hybridized carbons (Fsp3) is 0.529. The highest BCUT2D eigenvalue weighted by Crippen LogP contribution is 2.26. The van der Waals surface area contributed by atoms with E-state index in [2.05, 4.69) is 33.1 Å². The Morgan fingerprint density at radius 3 is 2.77 bits per heavy atom. The first-order valence-corrected chi connectivity index (χ1v) is 8.74. The minimum absolute atomic E-state index is 0.140. The van der Waals surface area contributed by atoms with Crippen molar-refractivity contribution in [3.05, 3.63) is 35.0 Å². The average Bonchev–Trinajstić information content (AvgIpc) is 2.58. The lowest BCUT2D eigenvalue weighted by atomic mass is 9.92. The first-order chi connectivity index (χ1) is 10.7. The maximum absolute atomic E-state index is 12.5. The SMILES string of the molecule is O=C([C@H]1CC=CCC1)N1CCC(Oc2ncccc2Br)CC1. The first kappa shape index (κ1) is 15.5. The number of pyridine rings is 1. The quantitative estimate of drug-likeness (QED) is 0.769. The van der Waals surface area contributed by atoms with E-state index < -0.39 is 0 Å².